The Morgan fingerprint density at radius 1 is 1.14 bits per heavy atom. The van der Waals surface area contributed by atoms with E-state index < -0.39 is 35.6 Å². The fourth-order valence-electron chi connectivity index (χ4n) is 4.65. The monoisotopic (exact) mass is 677 g/mol. The number of rotatable bonds is 8. The maximum absolute atomic E-state index is 13.8. The van der Waals surface area contributed by atoms with Gasteiger partial charge in [0.15, 0.2) is 5.69 Å². The summed E-state index contributed by atoms with van der Waals surface area (Å²) in [7, 11) is 0. The number of nitrogens with one attached hydrogen (secondary N) is 1. The molecule has 42 heavy (non-hydrogen) atoms. The molecule has 2 amide bonds. The molecule has 0 radical (unpaired) electrons. The number of nitrogens with two attached hydrogens (primary N) is 1. The molecule has 4 aromatic rings. The third-order valence-corrected chi connectivity index (χ3v) is 8.60. The van der Waals surface area contributed by atoms with E-state index in [1.54, 1.807) is 20.0 Å². The van der Waals surface area contributed by atoms with Crippen molar-refractivity contribution in [2.75, 3.05) is 5.32 Å². The second kappa shape index (κ2) is 10.7. The third kappa shape index (κ3) is 5.63. The molecule has 0 spiro atoms. The molecule has 1 aliphatic rings. The molecule has 0 saturated heterocycles. The Hall–Kier alpha value is -3.47. The number of anilines is 1. The molecule has 4 heterocycles. The van der Waals surface area contributed by atoms with Crippen LogP contribution in [0.5, 0.6) is 0 Å². The van der Waals surface area contributed by atoms with Gasteiger partial charge in [0.05, 0.1) is 28.1 Å². The van der Waals surface area contributed by atoms with Gasteiger partial charge in [-0.2, -0.15) is 36.5 Å². The van der Waals surface area contributed by atoms with Crippen molar-refractivity contribution in [3.63, 3.8) is 0 Å². The molecular formula is C25H22BrF6N7O2S. The Labute approximate surface area is 246 Å². The molecule has 0 atom stereocenters. The minimum Gasteiger partial charge on any atom is -0.365 e. The first-order valence-electron chi connectivity index (χ1n) is 12.6. The summed E-state index contributed by atoms with van der Waals surface area (Å²) in [5, 5.41) is 10.6. The van der Waals surface area contributed by atoms with Crippen LogP contribution in [0.4, 0.5) is 32.0 Å². The number of pyridine rings is 1. The Balaban J connectivity index is 1.55. The molecule has 5 rings (SSSR count). The molecule has 1 saturated carbocycles. The average Bonchev–Trinajstić information content (AvgIpc) is 3.41. The number of nitrogens with zero attached hydrogens (tertiary/aromatic N) is 5. The lowest BCUT2D eigenvalue weighted by Crippen LogP contribution is -2.19. The smallest absolute Gasteiger partial charge is 0.365 e. The van der Waals surface area contributed by atoms with Crippen molar-refractivity contribution in [1.82, 2.24) is 24.5 Å². The van der Waals surface area contributed by atoms with Gasteiger partial charge in [-0.1, -0.05) is 0 Å². The number of thiophene rings is 1. The zero-order valence-electron chi connectivity index (χ0n) is 22.0. The lowest BCUT2D eigenvalue weighted by Gasteiger charge is -2.12. The van der Waals surface area contributed by atoms with E-state index in [0.29, 0.717) is 47.7 Å². The summed E-state index contributed by atoms with van der Waals surface area (Å²) in [6, 6.07) is 0.821. The molecule has 224 valence electrons. The molecule has 3 N–H and O–H groups in total. The van der Waals surface area contributed by atoms with Gasteiger partial charge in [0, 0.05) is 36.0 Å². The number of hydrogen-bond acceptors (Lipinski definition) is 6. The number of carbonyl (C=O) groups excluding carboxylic acids is 2. The van der Waals surface area contributed by atoms with Crippen LogP contribution in [0, 0.1) is 6.92 Å². The van der Waals surface area contributed by atoms with Crippen LogP contribution in [0.25, 0.3) is 21.3 Å². The van der Waals surface area contributed by atoms with Crippen LogP contribution in [0.3, 0.4) is 0 Å². The third-order valence-electron chi connectivity index (χ3n) is 6.72. The molecule has 9 nitrogen and oxygen atoms in total. The molecule has 0 unspecified atom stereocenters. The van der Waals surface area contributed by atoms with Gasteiger partial charge in [0.2, 0.25) is 5.91 Å². The SMILES string of the molecule is CCn1cc(-c2cc(C(F)(F)F)nc3sc(C(N)=O)c(NC(=O)CCn4nc(C(F)(F)F)c(Br)c4C4CC4)c23)c(C)n1. The standard InChI is InChI=1S/C25H22BrF6N7O2S/c1-3-38-9-13(10(2)36-38)12-8-14(24(27,28)29)34-23-16(12)18(20(42-23)22(33)41)35-15(40)6-7-39-19(11-4-5-11)17(26)21(37-39)25(30,31)32/h8-9,11H,3-7H2,1-2H3,(H2,33,41)(H,35,40). The zero-order valence-corrected chi connectivity index (χ0v) is 24.4. The maximum Gasteiger partial charge on any atom is 0.436 e. The number of alkyl halides is 6. The predicted molar refractivity (Wildman–Crippen MR) is 145 cm³/mol. The topological polar surface area (TPSA) is 121 Å². The first-order valence-corrected chi connectivity index (χ1v) is 14.2. The van der Waals surface area contributed by atoms with Crippen LogP contribution >= 0.6 is 27.3 Å². The summed E-state index contributed by atoms with van der Waals surface area (Å²) in [6.45, 7) is 3.62. The number of amides is 2. The van der Waals surface area contributed by atoms with Crippen LogP contribution in [-0.4, -0.2) is 36.4 Å². The molecule has 0 aromatic carbocycles. The van der Waals surface area contributed by atoms with E-state index in [0.717, 1.165) is 10.7 Å². The largest absolute Gasteiger partial charge is 0.436 e. The van der Waals surface area contributed by atoms with E-state index in [9.17, 15) is 35.9 Å². The van der Waals surface area contributed by atoms with Gasteiger partial charge in [-0.05, 0) is 54.2 Å². The van der Waals surface area contributed by atoms with Crippen LogP contribution in [0.15, 0.2) is 16.7 Å². The number of carbonyl (C=O) groups is 2. The molecular weight excluding hydrogens is 656 g/mol. The first kappa shape index (κ1) is 30.0. The quantitative estimate of drug-likeness (QED) is 0.207. The number of primary amides is 1. The molecule has 1 fully saturated rings. The Morgan fingerprint density at radius 2 is 1.83 bits per heavy atom. The van der Waals surface area contributed by atoms with E-state index in [2.05, 4.69) is 36.4 Å². The summed E-state index contributed by atoms with van der Waals surface area (Å²) in [5.74, 6) is -1.85. The minimum absolute atomic E-state index is 0.0328. The molecule has 0 bridgehead atoms. The summed E-state index contributed by atoms with van der Waals surface area (Å²) >= 11 is 3.59. The lowest BCUT2D eigenvalue weighted by atomic mass is 10.0. The van der Waals surface area contributed by atoms with Gasteiger partial charge in [0.25, 0.3) is 5.91 Å². The van der Waals surface area contributed by atoms with Crippen molar-refractivity contribution in [3.05, 3.63) is 44.4 Å². The molecule has 0 aliphatic heterocycles. The zero-order chi connectivity index (χ0) is 30.7. The fraction of sp³-hybridized carbons (Fsp3) is 0.400. The minimum atomic E-state index is -4.82. The molecule has 17 heteroatoms. The van der Waals surface area contributed by atoms with E-state index in [1.807, 2.05) is 0 Å². The van der Waals surface area contributed by atoms with Crippen LogP contribution < -0.4 is 11.1 Å². The summed E-state index contributed by atoms with van der Waals surface area (Å²) < 4.78 is 84.3. The maximum atomic E-state index is 13.8. The Bertz CT molecular complexity index is 1720. The summed E-state index contributed by atoms with van der Waals surface area (Å²) in [5.41, 5.74) is 4.20. The van der Waals surface area contributed by atoms with E-state index in [1.165, 1.54) is 4.68 Å². The molecule has 4 aromatic heterocycles. The number of hydrogen-bond donors (Lipinski definition) is 2. The van der Waals surface area contributed by atoms with Crippen LogP contribution in [-0.2, 0) is 30.2 Å². The van der Waals surface area contributed by atoms with Crippen molar-refractivity contribution in [2.45, 2.75) is 64.5 Å². The normalized spacial score (nSPS) is 14.1. The number of halogens is 7. The van der Waals surface area contributed by atoms with Crippen molar-refractivity contribution >= 4 is 55.0 Å². The van der Waals surface area contributed by atoms with Gasteiger partial charge in [-0.3, -0.25) is 19.0 Å². The highest BCUT2D eigenvalue weighted by Crippen LogP contribution is 2.47. The van der Waals surface area contributed by atoms with Crippen molar-refractivity contribution < 1.29 is 35.9 Å². The van der Waals surface area contributed by atoms with E-state index in [4.69, 9.17) is 5.73 Å². The van der Waals surface area contributed by atoms with Crippen LogP contribution in [0.1, 0.15) is 64.6 Å². The van der Waals surface area contributed by atoms with Gasteiger partial charge in [-0.25, -0.2) is 4.98 Å². The van der Waals surface area contributed by atoms with E-state index >= 15 is 0 Å². The average molecular weight is 678 g/mol. The number of fused-ring (bicyclic) bond motifs is 1. The highest BCUT2D eigenvalue weighted by molar-refractivity contribution is 9.10. The van der Waals surface area contributed by atoms with Crippen molar-refractivity contribution in [3.8, 4) is 11.1 Å². The van der Waals surface area contributed by atoms with Crippen LogP contribution in [0.2, 0.25) is 0 Å². The second-order valence-corrected chi connectivity index (χ2v) is 11.5. The van der Waals surface area contributed by atoms with Crippen molar-refractivity contribution in [1.29, 1.82) is 0 Å². The van der Waals surface area contributed by atoms with Gasteiger partial charge < -0.3 is 11.1 Å². The Kier molecular flexibility index (Phi) is 7.62. The number of aryl methyl sites for hydroxylation is 3. The van der Waals surface area contributed by atoms with Gasteiger partial charge >= 0.3 is 12.4 Å². The summed E-state index contributed by atoms with van der Waals surface area (Å²) in [4.78, 5) is 28.8. The Morgan fingerprint density at radius 3 is 2.38 bits per heavy atom. The predicted octanol–water partition coefficient (Wildman–Crippen LogP) is 6.49. The molecule has 1 aliphatic carbocycles. The van der Waals surface area contributed by atoms with Gasteiger partial charge in [0.1, 0.15) is 15.4 Å². The lowest BCUT2D eigenvalue weighted by molar-refractivity contribution is -0.142. The first-order chi connectivity index (χ1) is 19.6. The number of aromatic nitrogens is 5. The van der Waals surface area contributed by atoms with Crippen molar-refractivity contribution in [2.24, 2.45) is 5.73 Å². The second-order valence-electron chi connectivity index (χ2n) is 9.73. The fourth-order valence-corrected chi connectivity index (χ4v) is 6.49. The van der Waals surface area contributed by atoms with Gasteiger partial charge in [-0.15, -0.1) is 11.3 Å². The highest BCUT2D eigenvalue weighted by Gasteiger charge is 2.42. The summed E-state index contributed by atoms with van der Waals surface area (Å²) in [6.07, 6.45) is -6.96. The highest BCUT2D eigenvalue weighted by atomic mass is 79.9. The van der Waals surface area contributed by atoms with E-state index in [-0.39, 0.29) is 49.7 Å².